The first-order chi connectivity index (χ1) is 8.59. The summed E-state index contributed by atoms with van der Waals surface area (Å²) in [4.78, 5) is 12.7. The van der Waals surface area contributed by atoms with Gasteiger partial charge in [0.25, 0.3) is 0 Å². The van der Waals surface area contributed by atoms with Gasteiger partial charge in [-0.25, -0.2) is 0 Å². The first kappa shape index (κ1) is 13.3. The molecule has 1 aliphatic rings. The fourth-order valence-corrected chi connectivity index (χ4v) is 2.87. The second kappa shape index (κ2) is 5.27. The Balaban J connectivity index is 2.30. The Morgan fingerprint density at radius 1 is 1.50 bits per heavy atom. The fraction of sp³-hybridized carbons (Fsp3) is 0.533. The van der Waals surface area contributed by atoms with Crippen molar-refractivity contribution in [2.24, 2.45) is 5.41 Å². The second-order valence-corrected chi connectivity index (χ2v) is 5.36. The highest BCUT2D eigenvalue weighted by atomic mass is 16.1. The number of Topliss-reactive ketones (excluding diaryl/α,β-unsaturated/α-hetero) is 1. The van der Waals surface area contributed by atoms with Gasteiger partial charge in [-0.1, -0.05) is 36.5 Å². The van der Waals surface area contributed by atoms with Crippen LogP contribution in [0.4, 0.5) is 0 Å². The smallest absolute Gasteiger partial charge is 0.170 e. The van der Waals surface area contributed by atoms with E-state index in [4.69, 9.17) is 7.85 Å². The number of carbonyl (C=O) groups excluding carboxylic acids is 1. The molecule has 0 saturated carbocycles. The third-order valence-corrected chi connectivity index (χ3v) is 3.99. The standard InChI is InChI=1S/C15H20BNO/c1-3-6-15(7-8-17-10-15)14(18)12-4-5-13(16)11(2)9-12/h4-5,9,17H,3,6-8,10H2,1-2H3. The molecule has 18 heavy (non-hydrogen) atoms. The van der Waals surface area contributed by atoms with Gasteiger partial charge in [-0.3, -0.25) is 4.79 Å². The molecule has 2 nitrogen and oxygen atoms in total. The van der Waals surface area contributed by atoms with Crippen molar-refractivity contribution >= 4 is 19.1 Å². The SMILES string of the molecule is [B]c1ccc(C(=O)C2(CCC)CCNC2)cc1C. The van der Waals surface area contributed by atoms with Gasteiger partial charge in [0.2, 0.25) is 0 Å². The van der Waals surface area contributed by atoms with Crippen LogP contribution in [0.15, 0.2) is 18.2 Å². The fourth-order valence-electron chi connectivity index (χ4n) is 2.87. The molecule has 94 valence electrons. The molecule has 3 heteroatoms. The van der Waals surface area contributed by atoms with Crippen molar-refractivity contribution in [1.29, 1.82) is 0 Å². The van der Waals surface area contributed by atoms with Gasteiger partial charge in [0, 0.05) is 17.5 Å². The number of nitrogens with one attached hydrogen (secondary N) is 1. The molecule has 0 amide bonds. The molecule has 1 unspecified atom stereocenters. The number of carbonyl (C=O) groups is 1. The highest BCUT2D eigenvalue weighted by Gasteiger charge is 2.40. The van der Waals surface area contributed by atoms with Crippen molar-refractivity contribution in [3.05, 3.63) is 29.3 Å². The van der Waals surface area contributed by atoms with Crippen LogP contribution in [0, 0.1) is 12.3 Å². The van der Waals surface area contributed by atoms with Gasteiger partial charge >= 0.3 is 0 Å². The highest BCUT2D eigenvalue weighted by Crippen LogP contribution is 2.34. The van der Waals surface area contributed by atoms with Crippen molar-refractivity contribution < 1.29 is 4.79 Å². The van der Waals surface area contributed by atoms with Gasteiger partial charge in [0.15, 0.2) is 5.78 Å². The van der Waals surface area contributed by atoms with Crippen molar-refractivity contribution in [2.45, 2.75) is 33.1 Å². The average molecular weight is 241 g/mol. The van der Waals surface area contributed by atoms with E-state index in [1.165, 1.54) is 0 Å². The Bertz CT molecular complexity index is 450. The molecule has 1 aliphatic heterocycles. The van der Waals surface area contributed by atoms with Crippen LogP contribution in [0.1, 0.15) is 42.1 Å². The minimum Gasteiger partial charge on any atom is -0.316 e. The van der Waals surface area contributed by atoms with Crippen LogP contribution in [0.3, 0.4) is 0 Å². The van der Waals surface area contributed by atoms with Gasteiger partial charge in [-0.15, -0.1) is 0 Å². The highest BCUT2D eigenvalue weighted by molar-refractivity contribution is 6.33. The average Bonchev–Trinajstić information content (AvgIpc) is 2.82. The van der Waals surface area contributed by atoms with E-state index in [9.17, 15) is 4.79 Å². The van der Waals surface area contributed by atoms with E-state index in [1.54, 1.807) is 0 Å². The lowest BCUT2D eigenvalue weighted by molar-refractivity contribution is 0.0802. The van der Waals surface area contributed by atoms with Crippen LogP contribution in [-0.2, 0) is 0 Å². The summed E-state index contributed by atoms with van der Waals surface area (Å²) in [6, 6.07) is 5.62. The Morgan fingerprint density at radius 3 is 2.83 bits per heavy atom. The molecule has 1 heterocycles. The minimum atomic E-state index is -0.197. The first-order valence-corrected chi connectivity index (χ1v) is 6.71. The van der Waals surface area contributed by atoms with Crippen molar-refractivity contribution in [3.63, 3.8) is 0 Å². The van der Waals surface area contributed by atoms with E-state index in [0.717, 1.165) is 48.9 Å². The lowest BCUT2D eigenvalue weighted by Gasteiger charge is -2.26. The Labute approximate surface area is 111 Å². The van der Waals surface area contributed by atoms with Crippen LogP contribution in [0.25, 0.3) is 0 Å². The van der Waals surface area contributed by atoms with Crippen molar-refractivity contribution in [1.82, 2.24) is 5.32 Å². The monoisotopic (exact) mass is 241 g/mol. The van der Waals surface area contributed by atoms with Crippen LogP contribution < -0.4 is 10.8 Å². The molecule has 0 bridgehead atoms. The molecule has 1 atom stereocenters. The topological polar surface area (TPSA) is 29.1 Å². The first-order valence-electron chi connectivity index (χ1n) is 6.71. The molecule has 0 aromatic heterocycles. The number of hydrogen-bond donors (Lipinski definition) is 1. The summed E-state index contributed by atoms with van der Waals surface area (Å²) in [5, 5.41) is 3.33. The van der Waals surface area contributed by atoms with E-state index in [-0.39, 0.29) is 11.2 Å². The quantitative estimate of drug-likeness (QED) is 0.642. The summed E-state index contributed by atoms with van der Waals surface area (Å²) in [6.07, 6.45) is 2.95. The maximum Gasteiger partial charge on any atom is 0.170 e. The summed E-state index contributed by atoms with van der Waals surface area (Å²) in [5.41, 5.74) is 2.34. The van der Waals surface area contributed by atoms with Crippen LogP contribution in [0.5, 0.6) is 0 Å². The van der Waals surface area contributed by atoms with Crippen molar-refractivity contribution in [2.75, 3.05) is 13.1 Å². The molecule has 1 saturated heterocycles. The number of rotatable bonds is 4. The summed E-state index contributed by atoms with van der Waals surface area (Å²) in [5.74, 6) is 0.275. The van der Waals surface area contributed by atoms with Crippen LogP contribution in [0.2, 0.25) is 0 Å². The molecule has 1 N–H and O–H groups in total. The van der Waals surface area contributed by atoms with E-state index < -0.39 is 0 Å². The van der Waals surface area contributed by atoms with E-state index in [0.29, 0.717) is 0 Å². The maximum atomic E-state index is 12.7. The van der Waals surface area contributed by atoms with Crippen LogP contribution in [-0.4, -0.2) is 26.7 Å². The molecule has 2 radical (unpaired) electrons. The van der Waals surface area contributed by atoms with Gasteiger partial charge in [0.1, 0.15) is 7.85 Å². The molecule has 0 aliphatic carbocycles. The van der Waals surface area contributed by atoms with E-state index >= 15 is 0 Å². The predicted octanol–water partition coefficient (Wildman–Crippen LogP) is 1.75. The Hall–Kier alpha value is -1.09. The molecular weight excluding hydrogens is 221 g/mol. The number of benzene rings is 1. The minimum absolute atomic E-state index is 0.197. The van der Waals surface area contributed by atoms with Gasteiger partial charge in [-0.2, -0.15) is 0 Å². The molecular formula is C15H20BNO. The molecule has 1 fully saturated rings. The summed E-state index contributed by atoms with van der Waals surface area (Å²) in [6.45, 7) is 5.84. The van der Waals surface area contributed by atoms with Gasteiger partial charge < -0.3 is 5.32 Å². The number of aryl methyl sites for hydroxylation is 1. The summed E-state index contributed by atoms with van der Waals surface area (Å²) < 4.78 is 0. The number of ketones is 1. The third kappa shape index (κ3) is 2.37. The zero-order valence-corrected chi connectivity index (χ0v) is 11.3. The zero-order chi connectivity index (χ0) is 13.2. The molecule has 1 aromatic carbocycles. The van der Waals surface area contributed by atoms with E-state index in [2.05, 4.69) is 12.2 Å². The predicted molar refractivity (Wildman–Crippen MR) is 75.7 cm³/mol. The lowest BCUT2D eigenvalue weighted by Crippen LogP contribution is -2.33. The third-order valence-electron chi connectivity index (χ3n) is 3.99. The second-order valence-electron chi connectivity index (χ2n) is 5.36. The molecule has 1 aromatic rings. The summed E-state index contributed by atoms with van der Waals surface area (Å²) in [7, 11) is 5.81. The number of hydrogen-bond acceptors (Lipinski definition) is 2. The normalized spacial score (nSPS) is 23.2. The lowest BCUT2D eigenvalue weighted by atomic mass is 9.75. The summed E-state index contributed by atoms with van der Waals surface area (Å²) >= 11 is 0. The zero-order valence-electron chi connectivity index (χ0n) is 11.3. The maximum absolute atomic E-state index is 12.7. The largest absolute Gasteiger partial charge is 0.316 e. The van der Waals surface area contributed by atoms with Crippen molar-refractivity contribution in [3.8, 4) is 0 Å². The van der Waals surface area contributed by atoms with Gasteiger partial charge in [-0.05, 0) is 32.4 Å². The Kier molecular flexibility index (Phi) is 3.91. The van der Waals surface area contributed by atoms with E-state index in [1.807, 2.05) is 25.1 Å². The molecule has 2 rings (SSSR count). The molecule has 0 spiro atoms. The van der Waals surface area contributed by atoms with Crippen LogP contribution >= 0.6 is 0 Å². The Morgan fingerprint density at radius 2 is 2.28 bits per heavy atom. The van der Waals surface area contributed by atoms with Gasteiger partial charge in [0.05, 0.1) is 0 Å².